The monoisotopic (exact) mass is 410 g/mol. The van der Waals surface area contributed by atoms with Crippen molar-refractivity contribution in [1.82, 2.24) is 5.32 Å². The highest BCUT2D eigenvalue weighted by Gasteiger charge is 2.15. The topological polar surface area (TPSA) is 67.8 Å². The van der Waals surface area contributed by atoms with Crippen molar-refractivity contribution in [3.8, 4) is 5.75 Å². The maximum atomic E-state index is 11.8. The van der Waals surface area contributed by atoms with Crippen LogP contribution in [-0.4, -0.2) is 12.3 Å². The molecule has 0 radical (unpaired) electrons. The molecule has 0 fully saturated rings. The molecule has 0 bridgehead atoms. The molecule has 0 aliphatic carbocycles. The van der Waals surface area contributed by atoms with Gasteiger partial charge in [-0.25, -0.2) is 4.79 Å². The number of ether oxygens (including phenoxy) is 1. The molecule has 2 rings (SSSR count). The summed E-state index contributed by atoms with van der Waals surface area (Å²) in [7, 11) is 0. The summed E-state index contributed by atoms with van der Waals surface area (Å²) in [4.78, 5) is 22.7. The van der Waals surface area contributed by atoms with Gasteiger partial charge in [-0.2, -0.15) is 0 Å². The van der Waals surface area contributed by atoms with Gasteiger partial charge >= 0.3 is 6.09 Å². The van der Waals surface area contributed by atoms with Crippen LogP contribution in [-0.2, 0) is 6.42 Å². The van der Waals surface area contributed by atoms with Crippen LogP contribution in [0.2, 0.25) is 0 Å². The summed E-state index contributed by atoms with van der Waals surface area (Å²) < 4.78 is 6.22. The Morgan fingerprint density at radius 1 is 1.27 bits per heavy atom. The number of amides is 1. The summed E-state index contributed by atoms with van der Waals surface area (Å²) in [6.07, 6.45) is -1.24. The molecule has 1 amide bonds. The molecule has 114 valence electrons. The number of nitrogens with one attached hydrogen (secondary N) is 1. The summed E-state index contributed by atoms with van der Waals surface area (Å²) in [5, 5.41) is 5.41. The average molecular weight is 410 g/mol. The molecule has 0 aliphatic heterocycles. The SMILES string of the molecule is Cc1cc(CC(N=O)NC(=O)Oc2ccccc2)ccc1I. The van der Waals surface area contributed by atoms with E-state index in [2.05, 4.69) is 33.1 Å². The lowest BCUT2D eigenvalue weighted by Gasteiger charge is -2.12. The van der Waals surface area contributed by atoms with E-state index in [1.54, 1.807) is 24.3 Å². The van der Waals surface area contributed by atoms with Gasteiger partial charge in [0.15, 0.2) is 6.17 Å². The van der Waals surface area contributed by atoms with Gasteiger partial charge in [-0.05, 0) is 64.0 Å². The maximum absolute atomic E-state index is 11.8. The van der Waals surface area contributed by atoms with Gasteiger partial charge in [-0.15, -0.1) is 4.91 Å². The first-order valence-electron chi connectivity index (χ1n) is 6.69. The number of carbonyl (C=O) groups excluding carboxylic acids is 1. The van der Waals surface area contributed by atoms with E-state index in [9.17, 15) is 9.70 Å². The molecule has 0 spiro atoms. The minimum atomic E-state index is -0.865. The Labute approximate surface area is 142 Å². The number of para-hydroxylation sites is 1. The van der Waals surface area contributed by atoms with Crippen LogP contribution in [0.1, 0.15) is 11.1 Å². The molecular formula is C16H15IN2O3. The van der Waals surface area contributed by atoms with E-state index in [0.29, 0.717) is 12.2 Å². The van der Waals surface area contributed by atoms with E-state index in [1.807, 2.05) is 31.2 Å². The Morgan fingerprint density at radius 3 is 2.64 bits per heavy atom. The Balaban J connectivity index is 1.95. The normalized spacial score (nSPS) is 11.5. The molecule has 0 heterocycles. The fourth-order valence-electron chi connectivity index (χ4n) is 1.93. The van der Waals surface area contributed by atoms with Gasteiger partial charge in [-0.1, -0.05) is 30.3 Å². The molecular weight excluding hydrogens is 395 g/mol. The summed E-state index contributed by atoms with van der Waals surface area (Å²) in [5.41, 5.74) is 2.05. The molecule has 0 aliphatic rings. The lowest BCUT2D eigenvalue weighted by atomic mass is 10.1. The molecule has 0 saturated carbocycles. The second-order valence-corrected chi connectivity index (χ2v) is 5.92. The van der Waals surface area contributed by atoms with Crippen LogP contribution in [0.15, 0.2) is 53.7 Å². The summed E-state index contributed by atoms with van der Waals surface area (Å²) in [6, 6.07) is 14.5. The Hall–Kier alpha value is -1.96. The molecule has 22 heavy (non-hydrogen) atoms. The van der Waals surface area contributed by atoms with E-state index in [4.69, 9.17) is 4.74 Å². The van der Waals surface area contributed by atoms with Gasteiger partial charge in [-0.3, -0.25) is 5.32 Å². The molecule has 1 unspecified atom stereocenters. The number of aryl methyl sites for hydroxylation is 1. The predicted octanol–water partition coefficient (Wildman–Crippen LogP) is 4.02. The molecule has 0 saturated heterocycles. The third-order valence-corrected chi connectivity index (χ3v) is 4.23. The van der Waals surface area contributed by atoms with Crippen LogP contribution in [0.3, 0.4) is 0 Å². The molecule has 6 heteroatoms. The van der Waals surface area contributed by atoms with Crippen LogP contribution >= 0.6 is 22.6 Å². The van der Waals surface area contributed by atoms with Crippen LogP contribution < -0.4 is 10.1 Å². The maximum Gasteiger partial charge on any atom is 0.414 e. The van der Waals surface area contributed by atoms with E-state index in [1.165, 1.54) is 0 Å². The summed E-state index contributed by atoms with van der Waals surface area (Å²) >= 11 is 2.24. The smallest absolute Gasteiger partial charge is 0.410 e. The Bertz CT molecular complexity index is 662. The zero-order chi connectivity index (χ0) is 15.9. The van der Waals surface area contributed by atoms with E-state index in [0.717, 1.165) is 14.7 Å². The van der Waals surface area contributed by atoms with Crippen molar-refractivity contribution >= 4 is 28.7 Å². The highest BCUT2D eigenvalue weighted by Crippen LogP contribution is 2.15. The zero-order valence-electron chi connectivity index (χ0n) is 12.0. The number of carbonyl (C=O) groups is 1. The molecule has 2 aromatic carbocycles. The molecule has 5 nitrogen and oxygen atoms in total. The first-order chi connectivity index (χ1) is 10.6. The van der Waals surface area contributed by atoms with Crippen LogP contribution in [0.25, 0.3) is 0 Å². The van der Waals surface area contributed by atoms with Crippen molar-refractivity contribution in [2.45, 2.75) is 19.5 Å². The number of hydrogen-bond acceptors (Lipinski definition) is 4. The third-order valence-electron chi connectivity index (χ3n) is 3.02. The first-order valence-corrected chi connectivity index (χ1v) is 7.77. The zero-order valence-corrected chi connectivity index (χ0v) is 14.1. The second-order valence-electron chi connectivity index (χ2n) is 4.76. The highest BCUT2D eigenvalue weighted by atomic mass is 127. The number of nitrogens with zero attached hydrogens (tertiary/aromatic N) is 1. The molecule has 1 atom stereocenters. The summed E-state index contributed by atoms with van der Waals surface area (Å²) in [5.74, 6) is 0.412. The number of benzene rings is 2. The fraction of sp³-hybridized carbons (Fsp3) is 0.188. The first kappa shape index (κ1) is 16.4. The van der Waals surface area contributed by atoms with Gasteiger partial charge in [0.05, 0.1) is 0 Å². The number of nitroso groups, excluding NO2 is 1. The molecule has 2 aromatic rings. The Kier molecular flexibility index (Phi) is 5.88. The largest absolute Gasteiger partial charge is 0.414 e. The van der Waals surface area contributed by atoms with Gasteiger partial charge in [0.25, 0.3) is 0 Å². The van der Waals surface area contributed by atoms with Crippen LogP contribution in [0.5, 0.6) is 5.75 Å². The summed E-state index contributed by atoms with van der Waals surface area (Å²) in [6.45, 7) is 1.99. The fourth-order valence-corrected chi connectivity index (χ4v) is 2.27. The van der Waals surface area contributed by atoms with Crippen molar-refractivity contribution in [3.05, 3.63) is 68.1 Å². The quantitative estimate of drug-likeness (QED) is 0.598. The third kappa shape index (κ3) is 4.80. The van der Waals surface area contributed by atoms with Crippen molar-refractivity contribution in [1.29, 1.82) is 0 Å². The van der Waals surface area contributed by atoms with E-state index < -0.39 is 12.3 Å². The van der Waals surface area contributed by atoms with Gasteiger partial charge in [0.1, 0.15) is 5.75 Å². The van der Waals surface area contributed by atoms with Gasteiger partial charge < -0.3 is 4.74 Å². The van der Waals surface area contributed by atoms with Crippen molar-refractivity contribution < 1.29 is 9.53 Å². The predicted molar refractivity (Wildman–Crippen MR) is 92.8 cm³/mol. The van der Waals surface area contributed by atoms with Gasteiger partial charge in [0.2, 0.25) is 0 Å². The van der Waals surface area contributed by atoms with E-state index in [-0.39, 0.29) is 0 Å². The van der Waals surface area contributed by atoms with E-state index >= 15 is 0 Å². The van der Waals surface area contributed by atoms with Gasteiger partial charge in [0, 0.05) is 9.99 Å². The number of hydrogen-bond donors (Lipinski definition) is 1. The number of rotatable bonds is 5. The molecule has 0 aromatic heterocycles. The minimum Gasteiger partial charge on any atom is -0.410 e. The van der Waals surface area contributed by atoms with Crippen LogP contribution in [0.4, 0.5) is 4.79 Å². The molecule has 1 N–H and O–H groups in total. The standard InChI is InChI=1S/C16H15IN2O3/c1-11-9-12(7-8-14(11)17)10-15(19-21)18-16(20)22-13-5-3-2-4-6-13/h2-9,15H,10H2,1H3,(H,18,20). The second kappa shape index (κ2) is 7.88. The highest BCUT2D eigenvalue weighted by molar-refractivity contribution is 14.1. The number of halogens is 1. The van der Waals surface area contributed by atoms with Crippen molar-refractivity contribution in [2.75, 3.05) is 0 Å². The van der Waals surface area contributed by atoms with Crippen LogP contribution in [0, 0.1) is 15.4 Å². The minimum absolute atomic E-state index is 0.325. The lowest BCUT2D eigenvalue weighted by Crippen LogP contribution is -2.36. The lowest BCUT2D eigenvalue weighted by molar-refractivity contribution is 0.196. The van der Waals surface area contributed by atoms with Crippen molar-refractivity contribution in [2.24, 2.45) is 5.18 Å². The van der Waals surface area contributed by atoms with Crippen molar-refractivity contribution in [3.63, 3.8) is 0 Å². The Morgan fingerprint density at radius 2 is 2.00 bits per heavy atom. The average Bonchev–Trinajstić information content (AvgIpc) is 2.51.